The van der Waals surface area contributed by atoms with E-state index in [1.807, 2.05) is 6.07 Å². The zero-order valence-electron chi connectivity index (χ0n) is 14.5. The zero-order valence-corrected chi connectivity index (χ0v) is 14.5. The van der Waals surface area contributed by atoms with Crippen LogP contribution in [0.15, 0.2) is 23.2 Å². The summed E-state index contributed by atoms with van der Waals surface area (Å²) in [5.74, 6) is 1.04. The highest BCUT2D eigenvalue weighted by atomic mass is 19.1. The number of hydrogen-bond acceptors (Lipinski definition) is 2. The SMILES string of the molecule is CN=C(NCc1cc(C#N)ccc1F)NC(C)CCCC(C)C. The zero-order chi connectivity index (χ0) is 17.2. The Labute approximate surface area is 138 Å². The molecule has 0 heterocycles. The molecule has 1 aromatic carbocycles. The third-order valence-corrected chi connectivity index (χ3v) is 3.65. The first-order valence-corrected chi connectivity index (χ1v) is 8.12. The number of hydrogen-bond donors (Lipinski definition) is 2. The standard InChI is InChI=1S/C18H27FN4/c1-13(2)6-5-7-14(3)23-18(21-4)22-12-16-10-15(11-20)8-9-17(16)19/h8-10,13-14H,5-7,12H2,1-4H3,(H2,21,22,23). The van der Waals surface area contributed by atoms with Crippen LogP contribution in [0.2, 0.25) is 0 Å². The molecular formula is C18H27FN4. The minimum Gasteiger partial charge on any atom is -0.354 e. The van der Waals surface area contributed by atoms with Gasteiger partial charge in [-0.2, -0.15) is 5.26 Å². The molecule has 1 unspecified atom stereocenters. The lowest BCUT2D eigenvalue weighted by atomic mass is 10.0. The predicted octanol–water partition coefficient (Wildman–Crippen LogP) is 3.58. The van der Waals surface area contributed by atoms with E-state index in [0.29, 0.717) is 29.7 Å². The molecule has 0 aromatic heterocycles. The van der Waals surface area contributed by atoms with E-state index in [4.69, 9.17) is 5.26 Å². The Bertz CT molecular complexity index is 561. The first-order chi connectivity index (χ1) is 11.0. The van der Waals surface area contributed by atoms with Gasteiger partial charge in [-0.05, 0) is 37.5 Å². The Morgan fingerprint density at radius 3 is 2.65 bits per heavy atom. The van der Waals surface area contributed by atoms with Crippen LogP contribution in [0.1, 0.15) is 51.2 Å². The molecule has 1 atom stereocenters. The lowest BCUT2D eigenvalue weighted by Gasteiger charge is -2.18. The second-order valence-corrected chi connectivity index (χ2v) is 6.21. The van der Waals surface area contributed by atoms with Crippen molar-refractivity contribution in [2.75, 3.05) is 7.05 Å². The van der Waals surface area contributed by atoms with Crippen molar-refractivity contribution in [3.05, 3.63) is 35.1 Å². The molecule has 0 saturated carbocycles. The molecule has 4 nitrogen and oxygen atoms in total. The number of nitriles is 1. The molecular weight excluding hydrogens is 291 g/mol. The Hall–Kier alpha value is -2.09. The summed E-state index contributed by atoms with van der Waals surface area (Å²) in [6, 6.07) is 6.67. The van der Waals surface area contributed by atoms with Gasteiger partial charge in [-0.25, -0.2) is 4.39 Å². The van der Waals surface area contributed by atoms with Gasteiger partial charge in [0.15, 0.2) is 5.96 Å². The van der Waals surface area contributed by atoms with Crippen LogP contribution in [0, 0.1) is 23.1 Å². The first-order valence-electron chi connectivity index (χ1n) is 8.12. The fourth-order valence-electron chi connectivity index (χ4n) is 2.29. The monoisotopic (exact) mass is 318 g/mol. The molecule has 0 fully saturated rings. The highest BCUT2D eigenvalue weighted by Gasteiger charge is 2.08. The highest BCUT2D eigenvalue weighted by Crippen LogP contribution is 2.10. The van der Waals surface area contributed by atoms with Crippen molar-refractivity contribution >= 4 is 5.96 Å². The van der Waals surface area contributed by atoms with E-state index in [-0.39, 0.29) is 5.82 Å². The van der Waals surface area contributed by atoms with Crippen molar-refractivity contribution in [1.29, 1.82) is 5.26 Å². The van der Waals surface area contributed by atoms with E-state index in [1.54, 1.807) is 13.1 Å². The Morgan fingerprint density at radius 2 is 2.04 bits per heavy atom. The van der Waals surface area contributed by atoms with Crippen molar-refractivity contribution < 1.29 is 4.39 Å². The summed E-state index contributed by atoms with van der Waals surface area (Å²) in [7, 11) is 1.69. The van der Waals surface area contributed by atoms with Crippen molar-refractivity contribution in [3.8, 4) is 6.07 Å². The summed E-state index contributed by atoms with van der Waals surface area (Å²) in [5, 5.41) is 15.3. The maximum absolute atomic E-state index is 13.8. The van der Waals surface area contributed by atoms with Gasteiger partial charge < -0.3 is 10.6 Å². The molecule has 126 valence electrons. The minimum absolute atomic E-state index is 0.291. The summed E-state index contributed by atoms with van der Waals surface area (Å²) >= 11 is 0. The number of rotatable bonds is 7. The van der Waals surface area contributed by atoms with Gasteiger partial charge in [0.1, 0.15) is 5.82 Å². The second-order valence-electron chi connectivity index (χ2n) is 6.21. The van der Waals surface area contributed by atoms with Crippen LogP contribution in [0.4, 0.5) is 4.39 Å². The Morgan fingerprint density at radius 1 is 1.30 bits per heavy atom. The van der Waals surface area contributed by atoms with Crippen LogP contribution < -0.4 is 10.6 Å². The summed E-state index contributed by atoms with van der Waals surface area (Å²) in [6.07, 6.45) is 3.45. The summed E-state index contributed by atoms with van der Waals surface area (Å²) in [5.41, 5.74) is 0.910. The third-order valence-electron chi connectivity index (χ3n) is 3.65. The quantitative estimate of drug-likeness (QED) is 0.597. The number of aliphatic imine (C=N–C) groups is 1. The van der Waals surface area contributed by atoms with Crippen molar-refractivity contribution in [1.82, 2.24) is 10.6 Å². The number of nitrogens with zero attached hydrogens (tertiary/aromatic N) is 2. The topological polar surface area (TPSA) is 60.2 Å². The van der Waals surface area contributed by atoms with E-state index in [1.165, 1.54) is 25.0 Å². The van der Waals surface area contributed by atoms with Crippen LogP contribution in [0.5, 0.6) is 0 Å². The van der Waals surface area contributed by atoms with E-state index >= 15 is 0 Å². The number of nitrogens with one attached hydrogen (secondary N) is 2. The van der Waals surface area contributed by atoms with Gasteiger partial charge in [0, 0.05) is 25.2 Å². The molecule has 1 rings (SSSR count). The third kappa shape index (κ3) is 7.14. The fourth-order valence-corrected chi connectivity index (χ4v) is 2.29. The molecule has 0 saturated heterocycles. The van der Waals surface area contributed by atoms with Crippen LogP contribution in [-0.4, -0.2) is 19.0 Å². The van der Waals surface area contributed by atoms with E-state index in [2.05, 4.69) is 36.4 Å². The minimum atomic E-state index is -0.322. The van der Waals surface area contributed by atoms with Gasteiger partial charge in [-0.3, -0.25) is 4.99 Å². The van der Waals surface area contributed by atoms with Gasteiger partial charge in [0.25, 0.3) is 0 Å². The molecule has 0 spiro atoms. The summed E-state index contributed by atoms with van der Waals surface area (Å²) in [6.45, 7) is 6.86. The molecule has 0 radical (unpaired) electrons. The average Bonchev–Trinajstić information content (AvgIpc) is 2.52. The van der Waals surface area contributed by atoms with E-state index < -0.39 is 0 Å². The van der Waals surface area contributed by atoms with Gasteiger partial charge in [-0.15, -0.1) is 0 Å². The number of benzene rings is 1. The van der Waals surface area contributed by atoms with Crippen LogP contribution in [-0.2, 0) is 6.54 Å². The molecule has 23 heavy (non-hydrogen) atoms. The van der Waals surface area contributed by atoms with Gasteiger partial charge in [-0.1, -0.05) is 26.7 Å². The van der Waals surface area contributed by atoms with Crippen LogP contribution >= 0.6 is 0 Å². The smallest absolute Gasteiger partial charge is 0.191 e. The Kier molecular flexibility index (Phi) is 8.10. The predicted molar refractivity (Wildman–Crippen MR) is 92.6 cm³/mol. The highest BCUT2D eigenvalue weighted by molar-refractivity contribution is 5.79. The van der Waals surface area contributed by atoms with E-state index in [0.717, 1.165) is 12.3 Å². The number of halogens is 1. The molecule has 0 aliphatic rings. The molecule has 0 aliphatic carbocycles. The van der Waals surface area contributed by atoms with Crippen LogP contribution in [0.25, 0.3) is 0 Å². The fraction of sp³-hybridized carbons (Fsp3) is 0.556. The van der Waals surface area contributed by atoms with E-state index in [9.17, 15) is 4.39 Å². The molecule has 0 bridgehead atoms. The lowest BCUT2D eigenvalue weighted by Crippen LogP contribution is -2.42. The largest absolute Gasteiger partial charge is 0.354 e. The lowest BCUT2D eigenvalue weighted by molar-refractivity contribution is 0.491. The van der Waals surface area contributed by atoms with Gasteiger partial charge in [0.2, 0.25) is 0 Å². The Balaban J connectivity index is 2.50. The molecule has 0 aliphatic heterocycles. The average molecular weight is 318 g/mol. The summed E-state index contributed by atoms with van der Waals surface area (Å²) < 4.78 is 13.8. The summed E-state index contributed by atoms with van der Waals surface area (Å²) in [4.78, 5) is 4.17. The maximum atomic E-state index is 13.8. The molecule has 1 aromatic rings. The normalized spacial score (nSPS) is 12.8. The molecule has 2 N–H and O–H groups in total. The van der Waals surface area contributed by atoms with Gasteiger partial charge >= 0.3 is 0 Å². The second kappa shape index (κ2) is 9.83. The maximum Gasteiger partial charge on any atom is 0.191 e. The number of guanidine groups is 1. The van der Waals surface area contributed by atoms with Crippen molar-refractivity contribution in [2.45, 2.75) is 52.6 Å². The van der Waals surface area contributed by atoms with Gasteiger partial charge in [0.05, 0.1) is 11.6 Å². The van der Waals surface area contributed by atoms with Crippen molar-refractivity contribution in [2.24, 2.45) is 10.9 Å². The van der Waals surface area contributed by atoms with Crippen LogP contribution in [0.3, 0.4) is 0 Å². The molecule has 0 amide bonds. The van der Waals surface area contributed by atoms with Crippen molar-refractivity contribution in [3.63, 3.8) is 0 Å². The molecule has 5 heteroatoms. The first kappa shape index (κ1) is 19.0.